The average molecular weight is 306 g/mol. The van der Waals surface area contributed by atoms with Crippen LogP contribution in [0.4, 0.5) is 16.2 Å². The van der Waals surface area contributed by atoms with E-state index in [0.29, 0.717) is 10.7 Å². The van der Waals surface area contributed by atoms with E-state index < -0.39 is 17.7 Å². The Hall–Kier alpha value is -2.73. The van der Waals surface area contributed by atoms with Crippen LogP contribution in [-0.2, 0) is 0 Å². The van der Waals surface area contributed by atoms with Crippen LogP contribution in [0.3, 0.4) is 0 Å². The number of rotatable bonds is 3. The van der Waals surface area contributed by atoms with Crippen LogP contribution in [0.15, 0.2) is 42.5 Å². The number of nitrogens with one attached hydrogen (secondary N) is 2. The Morgan fingerprint density at radius 3 is 2.14 bits per heavy atom. The molecule has 0 heterocycles. The normalized spacial score (nSPS) is 9.95. The van der Waals surface area contributed by atoms with Crippen LogP contribution in [0.25, 0.3) is 0 Å². The molecule has 2 amide bonds. The molecule has 2 rings (SSSR count). The van der Waals surface area contributed by atoms with Gasteiger partial charge in [0.2, 0.25) is 0 Å². The van der Waals surface area contributed by atoms with Crippen molar-refractivity contribution in [3.05, 3.63) is 53.1 Å². The molecule has 0 saturated heterocycles. The van der Waals surface area contributed by atoms with Gasteiger partial charge >= 0.3 is 12.0 Å². The van der Waals surface area contributed by atoms with E-state index in [9.17, 15) is 14.7 Å². The van der Waals surface area contributed by atoms with Gasteiger partial charge in [-0.15, -0.1) is 0 Å². The zero-order chi connectivity index (χ0) is 15.4. The Balaban J connectivity index is 2.04. The second-order valence-electron chi connectivity index (χ2n) is 4.10. The molecule has 0 aliphatic heterocycles. The van der Waals surface area contributed by atoms with Gasteiger partial charge in [-0.25, -0.2) is 9.59 Å². The van der Waals surface area contributed by atoms with Crippen molar-refractivity contribution in [1.29, 1.82) is 0 Å². The monoisotopic (exact) mass is 305 g/mol. The number of carboxylic acids is 1. The summed E-state index contributed by atoms with van der Waals surface area (Å²) in [6, 6.07) is 9.45. The number of carbonyl (C=O) groups excluding carboxylic acids is 1. The molecule has 0 aromatic heterocycles. The summed E-state index contributed by atoms with van der Waals surface area (Å²) in [5.41, 5.74) is 0.386. The molecule has 0 atom stereocenters. The molecule has 0 fully saturated rings. The molecule has 0 bridgehead atoms. The van der Waals surface area contributed by atoms with Crippen molar-refractivity contribution in [1.82, 2.24) is 0 Å². The third-order valence-corrected chi connectivity index (χ3v) is 2.82. The molecule has 2 aromatic carbocycles. The molecule has 3 N–H and O–H groups in total. The second kappa shape index (κ2) is 6.15. The third kappa shape index (κ3) is 3.87. The van der Waals surface area contributed by atoms with Crippen LogP contribution in [-0.4, -0.2) is 17.1 Å². The molecule has 2 aromatic rings. The lowest BCUT2D eigenvalue weighted by Gasteiger charge is -2.13. The molecule has 0 unspecified atom stereocenters. The van der Waals surface area contributed by atoms with Crippen molar-refractivity contribution in [2.45, 2.75) is 0 Å². The van der Waals surface area contributed by atoms with Gasteiger partial charge in [0.25, 0.3) is 0 Å². The molecule has 0 spiro atoms. The van der Waals surface area contributed by atoms with E-state index in [2.05, 4.69) is 10.6 Å². The Morgan fingerprint density at radius 1 is 1.00 bits per heavy atom. The molecule has 6 nitrogen and oxygen atoms in total. The number of carbonyl (C=O) groups is 2. The number of hydrogen-bond acceptors (Lipinski definition) is 3. The number of anilines is 2. The lowest BCUT2D eigenvalue weighted by molar-refractivity contribution is -0.268. The SMILES string of the molecule is O=C(Nc1ccc(Cl)cc1)Nc1ccc(C(=O)O)c([O-])c1. The van der Waals surface area contributed by atoms with Crippen molar-refractivity contribution in [3.63, 3.8) is 0 Å². The summed E-state index contributed by atoms with van der Waals surface area (Å²) in [5.74, 6) is -1.98. The second-order valence-corrected chi connectivity index (χ2v) is 4.54. The maximum atomic E-state index is 11.7. The standard InChI is InChI=1S/C14H11ClN2O4/c15-8-1-3-9(4-2-8)16-14(21)17-10-5-6-11(13(19)20)12(18)7-10/h1-7,18H,(H,19,20)(H2,16,17,21)/p-1. The van der Waals surface area contributed by atoms with Gasteiger partial charge in [0.1, 0.15) is 0 Å². The highest BCUT2D eigenvalue weighted by Crippen LogP contribution is 2.20. The topological polar surface area (TPSA) is 101 Å². The van der Waals surface area contributed by atoms with Crippen molar-refractivity contribution in [2.75, 3.05) is 10.6 Å². The van der Waals surface area contributed by atoms with Gasteiger partial charge in [0, 0.05) is 16.4 Å². The largest absolute Gasteiger partial charge is 0.872 e. The van der Waals surface area contributed by atoms with Gasteiger partial charge in [-0.3, -0.25) is 0 Å². The van der Waals surface area contributed by atoms with E-state index in [1.54, 1.807) is 24.3 Å². The van der Waals surface area contributed by atoms with Crippen LogP contribution in [0.1, 0.15) is 10.4 Å². The molecule has 0 saturated carbocycles. The summed E-state index contributed by atoms with van der Waals surface area (Å²) in [5, 5.41) is 25.8. The first-order valence-electron chi connectivity index (χ1n) is 5.83. The number of hydrogen-bond donors (Lipinski definition) is 3. The fourth-order valence-electron chi connectivity index (χ4n) is 1.60. The van der Waals surface area contributed by atoms with Gasteiger partial charge < -0.3 is 20.8 Å². The summed E-state index contributed by atoms with van der Waals surface area (Å²) in [4.78, 5) is 22.4. The Morgan fingerprint density at radius 2 is 1.57 bits per heavy atom. The fourth-order valence-corrected chi connectivity index (χ4v) is 1.73. The zero-order valence-corrected chi connectivity index (χ0v) is 11.3. The van der Waals surface area contributed by atoms with Gasteiger partial charge in [0.15, 0.2) is 0 Å². The molecular formula is C14H10ClN2O4-. The van der Waals surface area contributed by atoms with Gasteiger partial charge in [-0.1, -0.05) is 17.4 Å². The average Bonchev–Trinajstić information content (AvgIpc) is 2.41. The van der Waals surface area contributed by atoms with Crippen LogP contribution in [0, 0.1) is 0 Å². The number of carboxylic acid groups (broad SMARTS) is 1. The highest BCUT2D eigenvalue weighted by atomic mass is 35.5. The number of urea groups is 1. The van der Waals surface area contributed by atoms with Crippen LogP contribution >= 0.6 is 11.6 Å². The van der Waals surface area contributed by atoms with Gasteiger partial charge in [-0.2, -0.15) is 0 Å². The van der Waals surface area contributed by atoms with Crippen molar-refractivity contribution < 1.29 is 19.8 Å². The number of amides is 2. The molecular weight excluding hydrogens is 296 g/mol. The number of halogens is 1. The maximum Gasteiger partial charge on any atom is 0.335 e. The molecule has 0 radical (unpaired) electrons. The van der Waals surface area contributed by atoms with E-state index in [1.807, 2.05) is 0 Å². The number of benzene rings is 2. The first kappa shape index (κ1) is 14.7. The Labute approximate surface area is 125 Å². The lowest BCUT2D eigenvalue weighted by Crippen LogP contribution is -2.19. The molecule has 7 heteroatoms. The Bertz CT molecular complexity index is 686. The summed E-state index contributed by atoms with van der Waals surface area (Å²) >= 11 is 5.72. The summed E-state index contributed by atoms with van der Waals surface area (Å²) < 4.78 is 0. The van der Waals surface area contributed by atoms with Crippen LogP contribution in [0.2, 0.25) is 5.02 Å². The first-order valence-corrected chi connectivity index (χ1v) is 6.21. The minimum Gasteiger partial charge on any atom is -0.872 e. The first-order chi connectivity index (χ1) is 9.95. The van der Waals surface area contributed by atoms with Crippen LogP contribution < -0.4 is 15.7 Å². The fraction of sp³-hybridized carbons (Fsp3) is 0. The highest BCUT2D eigenvalue weighted by molar-refractivity contribution is 6.30. The van der Waals surface area contributed by atoms with E-state index in [4.69, 9.17) is 16.7 Å². The Kier molecular flexibility index (Phi) is 4.30. The summed E-state index contributed by atoms with van der Waals surface area (Å²) in [7, 11) is 0. The molecule has 0 aliphatic rings. The smallest absolute Gasteiger partial charge is 0.335 e. The van der Waals surface area contributed by atoms with E-state index in [1.165, 1.54) is 6.07 Å². The van der Waals surface area contributed by atoms with E-state index in [-0.39, 0.29) is 11.3 Å². The lowest BCUT2D eigenvalue weighted by atomic mass is 10.2. The summed E-state index contributed by atoms with van der Waals surface area (Å²) in [6.45, 7) is 0. The number of aromatic carboxylic acids is 1. The van der Waals surface area contributed by atoms with E-state index in [0.717, 1.165) is 12.1 Å². The highest BCUT2D eigenvalue weighted by Gasteiger charge is 2.06. The molecule has 21 heavy (non-hydrogen) atoms. The zero-order valence-electron chi connectivity index (χ0n) is 10.6. The predicted octanol–water partition coefficient (Wildman–Crippen LogP) is 2.76. The van der Waals surface area contributed by atoms with Crippen molar-refractivity contribution in [2.24, 2.45) is 0 Å². The van der Waals surface area contributed by atoms with Crippen LogP contribution in [0.5, 0.6) is 5.75 Å². The minimum atomic E-state index is -1.31. The minimum absolute atomic E-state index is 0.205. The molecule has 0 aliphatic carbocycles. The predicted molar refractivity (Wildman–Crippen MR) is 76.9 cm³/mol. The summed E-state index contributed by atoms with van der Waals surface area (Å²) in [6.07, 6.45) is 0. The third-order valence-electron chi connectivity index (χ3n) is 2.57. The molecule has 108 valence electrons. The maximum absolute atomic E-state index is 11.7. The van der Waals surface area contributed by atoms with E-state index >= 15 is 0 Å². The van der Waals surface area contributed by atoms with Crippen molar-refractivity contribution in [3.8, 4) is 5.75 Å². The van der Waals surface area contributed by atoms with Gasteiger partial charge in [-0.05, 0) is 42.5 Å². The van der Waals surface area contributed by atoms with Gasteiger partial charge in [0.05, 0.1) is 5.56 Å². The quantitative estimate of drug-likeness (QED) is 0.811. The van der Waals surface area contributed by atoms with Crippen molar-refractivity contribution >= 4 is 35.0 Å².